The molecular weight excluding hydrogens is 242 g/mol. The van der Waals surface area contributed by atoms with E-state index in [0.29, 0.717) is 10.8 Å². The van der Waals surface area contributed by atoms with Crippen molar-refractivity contribution in [3.63, 3.8) is 0 Å². The molecule has 0 saturated heterocycles. The fourth-order valence-corrected chi connectivity index (χ4v) is 1.92. The number of amides is 1. The Balaban J connectivity index is 2.81. The van der Waals surface area contributed by atoms with E-state index in [4.69, 9.17) is 11.6 Å². The molecule has 1 aromatic carbocycles. The third-order valence-electron chi connectivity index (χ3n) is 2.20. The lowest BCUT2D eigenvalue weighted by Gasteiger charge is -2.17. The smallest absolute Gasteiger partial charge is 0.228 e. The van der Waals surface area contributed by atoms with Gasteiger partial charge in [0.1, 0.15) is 0 Å². The maximum atomic E-state index is 11.9. The number of carbonyl (C=O) groups is 1. The van der Waals surface area contributed by atoms with E-state index in [9.17, 15) is 4.79 Å². The highest BCUT2D eigenvalue weighted by molar-refractivity contribution is 7.80. The fourth-order valence-electron chi connectivity index (χ4n) is 1.42. The zero-order valence-corrected chi connectivity index (χ0v) is 11.1. The number of rotatable bonds is 4. The quantitative estimate of drug-likeness (QED) is 0.798. The van der Waals surface area contributed by atoms with Crippen molar-refractivity contribution in [1.29, 1.82) is 0 Å². The summed E-state index contributed by atoms with van der Waals surface area (Å²) in [5.74, 6) is 0.274. The van der Waals surface area contributed by atoms with Crippen molar-refractivity contribution < 1.29 is 4.79 Å². The molecule has 1 unspecified atom stereocenters. The van der Waals surface area contributed by atoms with Crippen LogP contribution in [-0.4, -0.2) is 17.7 Å². The number of nitrogens with one attached hydrogen (secondary N) is 1. The molecule has 88 valence electrons. The minimum Gasteiger partial charge on any atom is -0.353 e. The van der Waals surface area contributed by atoms with Crippen molar-refractivity contribution in [3.05, 3.63) is 34.9 Å². The van der Waals surface area contributed by atoms with Crippen molar-refractivity contribution in [3.8, 4) is 0 Å². The molecule has 4 heteroatoms. The summed E-state index contributed by atoms with van der Waals surface area (Å²) in [6.07, 6.45) is 0. The third-order valence-corrected chi connectivity index (χ3v) is 2.82. The normalized spacial score (nSPS) is 12.6. The van der Waals surface area contributed by atoms with Gasteiger partial charge in [0.25, 0.3) is 0 Å². The van der Waals surface area contributed by atoms with Crippen molar-refractivity contribution in [2.45, 2.75) is 25.8 Å². The molecule has 0 aliphatic heterocycles. The molecule has 0 spiro atoms. The number of hydrogen-bond donors (Lipinski definition) is 2. The van der Waals surface area contributed by atoms with Gasteiger partial charge in [-0.15, -0.1) is 0 Å². The largest absolute Gasteiger partial charge is 0.353 e. The van der Waals surface area contributed by atoms with Gasteiger partial charge in [-0.2, -0.15) is 12.6 Å². The van der Waals surface area contributed by atoms with Crippen LogP contribution in [-0.2, 0) is 4.79 Å². The molecule has 1 atom stereocenters. The predicted octanol–water partition coefficient (Wildman–Crippen LogP) is 2.88. The average Bonchev–Trinajstić information content (AvgIpc) is 2.21. The van der Waals surface area contributed by atoms with E-state index in [-0.39, 0.29) is 17.9 Å². The van der Waals surface area contributed by atoms with E-state index < -0.39 is 0 Å². The maximum Gasteiger partial charge on any atom is 0.228 e. The van der Waals surface area contributed by atoms with Crippen molar-refractivity contribution in [2.75, 3.05) is 5.75 Å². The standard InChI is InChI=1S/C12H16ClNOS/c1-8(2)14-12(15)11(7-16)9-3-5-10(13)6-4-9/h3-6,8,11,16H,7H2,1-2H3,(H,14,15). The summed E-state index contributed by atoms with van der Waals surface area (Å²) in [6, 6.07) is 7.44. The zero-order valence-electron chi connectivity index (χ0n) is 9.40. The van der Waals surface area contributed by atoms with E-state index in [1.165, 1.54) is 0 Å². The Labute approximate surface area is 107 Å². The van der Waals surface area contributed by atoms with Crippen LogP contribution in [0.3, 0.4) is 0 Å². The van der Waals surface area contributed by atoms with Crippen molar-refractivity contribution >= 4 is 30.1 Å². The Hall–Kier alpha value is -0.670. The Morgan fingerprint density at radius 1 is 1.38 bits per heavy atom. The van der Waals surface area contributed by atoms with Gasteiger partial charge in [0.15, 0.2) is 0 Å². The first-order chi connectivity index (χ1) is 7.54. The first-order valence-electron chi connectivity index (χ1n) is 5.21. The van der Waals surface area contributed by atoms with Gasteiger partial charge in [0.05, 0.1) is 5.92 Å². The average molecular weight is 258 g/mol. The minimum absolute atomic E-state index is 0.00678. The number of thiol groups is 1. The van der Waals surface area contributed by atoms with Crippen LogP contribution >= 0.6 is 24.2 Å². The molecule has 0 aromatic heterocycles. The molecule has 0 aliphatic rings. The summed E-state index contributed by atoms with van der Waals surface area (Å²) in [5, 5.41) is 3.56. The molecule has 16 heavy (non-hydrogen) atoms. The van der Waals surface area contributed by atoms with Gasteiger partial charge >= 0.3 is 0 Å². The van der Waals surface area contributed by atoms with Crippen LogP contribution in [0.25, 0.3) is 0 Å². The third kappa shape index (κ3) is 3.72. The van der Waals surface area contributed by atoms with Crippen LogP contribution in [0.15, 0.2) is 24.3 Å². The van der Waals surface area contributed by atoms with Crippen molar-refractivity contribution in [1.82, 2.24) is 5.32 Å². The van der Waals surface area contributed by atoms with E-state index >= 15 is 0 Å². The summed E-state index contributed by atoms with van der Waals surface area (Å²) in [6.45, 7) is 3.88. The van der Waals surface area contributed by atoms with Crippen LogP contribution in [0.1, 0.15) is 25.3 Å². The predicted molar refractivity (Wildman–Crippen MR) is 71.3 cm³/mol. The lowest BCUT2D eigenvalue weighted by Crippen LogP contribution is -2.35. The van der Waals surface area contributed by atoms with Gasteiger partial charge in [-0.3, -0.25) is 4.79 Å². The van der Waals surface area contributed by atoms with Crippen LogP contribution in [0.4, 0.5) is 0 Å². The highest BCUT2D eigenvalue weighted by atomic mass is 35.5. The second kappa shape index (κ2) is 6.16. The van der Waals surface area contributed by atoms with Gasteiger partial charge in [-0.05, 0) is 31.5 Å². The Morgan fingerprint density at radius 3 is 2.38 bits per heavy atom. The van der Waals surface area contributed by atoms with E-state index in [0.717, 1.165) is 5.56 Å². The molecule has 1 amide bonds. The van der Waals surface area contributed by atoms with Crippen LogP contribution < -0.4 is 5.32 Å². The van der Waals surface area contributed by atoms with E-state index in [1.807, 2.05) is 26.0 Å². The lowest BCUT2D eigenvalue weighted by atomic mass is 10.00. The first-order valence-corrected chi connectivity index (χ1v) is 6.22. The van der Waals surface area contributed by atoms with E-state index in [2.05, 4.69) is 17.9 Å². The second-order valence-corrected chi connectivity index (χ2v) is 4.75. The Bertz CT molecular complexity index is 351. The SMILES string of the molecule is CC(C)NC(=O)C(CS)c1ccc(Cl)cc1. The molecule has 1 rings (SSSR count). The highest BCUT2D eigenvalue weighted by Crippen LogP contribution is 2.20. The Kier molecular flexibility index (Phi) is 5.16. The lowest BCUT2D eigenvalue weighted by molar-refractivity contribution is -0.122. The number of carbonyl (C=O) groups excluding carboxylic acids is 1. The van der Waals surface area contributed by atoms with Crippen molar-refractivity contribution in [2.24, 2.45) is 0 Å². The summed E-state index contributed by atoms with van der Waals surface area (Å²) in [5.41, 5.74) is 0.942. The molecule has 0 aliphatic carbocycles. The number of benzene rings is 1. The molecular formula is C12H16ClNOS. The number of halogens is 1. The molecule has 1 N–H and O–H groups in total. The van der Waals surface area contributed by atoms with Gasteiger partial charge < -0.3 is 5.32 Å². The fraction of sp³-hybridized carbons (Fsp3) is 0.417. The molecule has 2 nitrogen and oxygen atoms in total. The Morgan fingerprint density at radius 2 is 1.94 bits per heavy atom. The topological polar surface area (TPSA) is 29.1 Å². The summed E-state index contributed by atoms with van der Waals surface area (Å²) in [4.78, 5) is 11.9. The van der Waals surface area contributed by atoms with Gasteiger partial charge in [-0.1, -0.05) is 23.7 Å². The summed E-state index contributed by atoms with van der Waals surface area (Å²) < 4.78 is 0. The molecule has 0 bridgehead atoms. The molecule has 0 saturated carbocycles. The van der Waals surface area contributed by atoms with Gasteiger partial charge in [-0.25, -0.2) is 0 Å². The monoisotopic (exact) mass is 257 g/mol. The van der Waals surface area contributed by atoms with Crippen LogP contribution in [0.5, 0.6) is 0 Å². The van der Waals surface area contributed by atoms with E-state index in [1.54, 1.807) is 12.1 Å². The summed E-state index contributed by atoms with van der Waals surface area (Å²) in [7, 11) is 0. The highest BCUT2D eigenvalue weighted by Gasteiger charge is 2.19. The molecule has 0 fully saturated rings. The summed E-state index contributed by atoms with van der Waals surface area (Å²) >= 11 is 10.0. The van der Waals surface area contributed by atoms with Gasteiger partial charge in [0.2, 0.25) is 5.91 Å². The first kappa shape index (κ1) is 13.4. The zero-order chi connectivity index (χ0) is 12.1. The number of hydrogen-bond acceptors (Lipinski definition) is 2. The van der Waals surface area contributed by atoms with Gasteiger partial charge in [0, 0.05) is 16.8 Å². The van der Waals surface area contributed by atoms with Crippen LogP contribution in [0, 0.1) is 0 Å². The second-order valence-electron chi connectivity index (χ2n) is 3.95. The molecule has 1 aromatic rings. The molecule has 0 radical (unpaired) electrons. The molecule has 0 heterocycles. The maximum absolute atomic E-state index is 11.9. The van der Waals surface area contributed by atoms with Crippen LogP contribution in [0.2, 0.25) is 5.02 Å². The minimum atomic E-state index is -0.219.